The van der Waals surface area contributed by atoms with Gasteiger partial charge in [0.1, 0.15) is 9.71 Å². The highest BCUT2D eigenvalue weighted by molar-refractivity contribution is 7.21. The van der Waals surface area contributed by atoms with E-state index in [0.29, 0.717) is 16.1 Å². The molecule has 2 aromatic carbocycles. The molecule has 3 nitrogen and oxygen atoms in total. The zero-order chi connectivity index (χ0) is 20.9. The number of fused-ring (bicyclic) bond motifs is 5. The number of nitrogens with two attached hydrogens (primary N) is 1. The lowest BCUT2D eigenvalue weighted by Gasteiger charge is -2.12. The van der Waals surface area contributed by atoms with E-state index in [9.17, 15) is 4.79 Å². The summed E-state index contributed by atoms with van der Waals surface area (Å²) < 4.78 is 0. The van der Waals surface area contributed by atoms with Gasteiger partial charge in [0.05, 0.1) is 5.69 Å². The third kappa shape index (κ3) is 3.09. The molecule has 0 spiro atoms. The fraction of sp³-hybridized carbons (Fsp3) is 0.259. The van der Waals surface area contributed by atoms with Crippen molar-refractivity contribution < 1.29 is 4.79 Å². The Morgan fingerprint density at radius 2 is 1.68 bits per heavy atom. The van der Waals surface area contributed by atoms with E-state index >= 15 is 0 Å². The van der Waals surface area contributed by atoms with Crippen LogP contribution in [-0.2, 0) is 19.3 Å². The third-order valence-corrected chi connectivity index (χ3v) is 7.88. The molecule has 0 fully saturated rings. The Kier molecular flexibility index (Phi) is 4.43. The van der Waals surface area contributed by atoms with E-state index in [2.05, 4.69) is 36.4 Å². The maximum absolute atomic E-state index is 13.4. The molecule has 0 radical (unpaired) electrons. The van der Waals surface area contributed by atoms with Crippen molar-refractivity contribution in [3.05, 3.63) is 81.4 Å². The van der Waals surface area contributed by atoms with Crippen molar-refractivity contribution in [2.75, 3.05) is 5.73 Å². The molecule has 2 aliphatic carbocycles. The normalized spacial score (nSPS) is 15.1. The molecular formula is C27H24N2OS. The molecular weight excluding hydrogens is 400 g/mol. The minimum atomic E-state index is 0.00618. The largest absolute Gasteiger partial charge is 0.397 e. The van der Waals surface area contributed by atoms with Gasteiger partial charge in [-0.3, -0.25) is 4.79 Å². The number of carbonyl (C=O) groups excluding carboxylic acids is 1. The molecule has 0 atom stereocenters. The number of benzene rings is 2. The van der Waals surface area contributed by atoms with Gasteiger partial charge in [-0.2, -0.15) is 0 Å². The molecule has 2 aromatic heterocycles. The zero-order valence-corrected chi connectivity index (χ0v) is 18.2. The second-order valence-corrected chi connectivity index (χ2v) is 9.74. The second kappa shape index (κ2) is 7.31. The topological polar surface area (TPSA) is 56.0 Å². The molecule has 4 heteroatoms. The SMILES string of the molecule is Nc1c(C(=O)c2ccc3c(c2)Cc2ccccc2-3)sc2nc3c(cc12)CCCCCC3. The molecule has 2 heterocycles. The number of nitrogen functional groups attached to an aromatic ring is 1. The maximum atomic E-state index is 13.4. The molecule has 0 amide bonds. The molecule has 31 heavy (non-hydrogen) atoms. The van der Waals surface area contributed by atoms with Crippen molar-refractivity contribution in [2.24, 2.45) is 0 Å². The van der Waals surface area contributed by atoms with Crippen molar-refractivity contribution in [1.82, 2.24) is 4.98 Å². The van der Waals surface area contributed by atoms with Crippen molar-refractivity contribution in [2.45, 2.75) is 44.9 Å². The lowest BCUT2D eigenvalue weighted by Crippen LogP contribution is -2.03. The summed E-state index contributed by atoms with van der Waals surface area (Å²) in [4.78, 5) is 19.9. The Bertz CT molecular complexity index is 1350. The van der Waals surface area contributed by atoms with Crippen LogP contribution in [0.15, 0.2) is 48.5 Å². The first-order valence-corrected chi connectivity index (χ1v) is 12.0. The van der Waals surface area contributed by atoms with E-state index in [4.69, 9.17) is 10.7 Å². The van der Waals surface area contributed by atoms with E-state index in [1.807, 2.05) is 12.1 Å². The summed E-state index contributed by atoms with van der Waals surface area (Å²) in [6, 6.07) is 16.7. The zero-order valence-electron chi connectivity index (χ0n) is 17.4. The molecule has 154 valence electrons. The van der Waals surface area contributed by atoms with Crippen molar-refractivity contribution >= 4 is 33.0 Å². The maximum Gasteiger partial charge on any atom is 0.205 e. The summed E-state index contributed by atoms with van der Waals surface area (Å²) in [5.41, 5.74) is 15.4. The summed E-state index contributed by atoms with van der Waals surface area (Å²) >= 11 is 1.45. The highest BCUT2D eigenvalue weighted by Gasteiger charge is 2.23. The Morgan fingerprint density at radius 1 is 0.871 bits per heavy atom. The van der Waals surface area contributed by atoms with Crippen LogP contribution in [-0.4, -0.2) is 10.8 Å². The summed E-state index contributed by atoms with van der Waals surface area (Å²) in [7, 11) is 0. The Morgan fingerprint density at radius 3 is 2.58 bits per heavy atom. The average molecular weight is 425 g/mol. The van der Waals surface area contributed by atoms with Crippen molar-refractivity contribution in [1.29, 1.82) is 0 Å². The highest BCUT2D eigenvalue weighted by atomic mass is 32.1. The van der Waals surface area contributed by atoms with Crippen LogP contribution in [0, 0.1) is 0 Å². The molecule has 4 aromatic rings. The van der Waals surface area contributed by atoms with Gasteiger partial charge in [0.15, 0.2) is 0 Å². The smallest absolute Gasteiger partial charge is 0.205 e. The van der Waals surface area contributed by atoms with Crippen LogP contribution in [0.3, 0.4) is 0 Å². The van der Waals surface area contributed by atoms with Gasteiger partial charge in [0.25, 0.3) is 0 Å². The van der Waals surface area contributed by atoms with Crippen LogP contribution < -0.4 is 5.73 Å². The van der Waals surface area contributed by atoms with Crippen LogP contribution in [0.5, 0.6) is 0 Å². The molecule has 2 N–H and O–H groups in total. The number of aromatic nitrogens is 1. The lowest BCUT2D eigenvalue weighted by atomic mass is 9.96. The number of hydrogen-bond donors (Lipinski definition) is 1. The van der Waals surface area contributed by atoms with E-state index in [1.165, 1.54) is 70.5 Å². The minimum Gasteiger partial charge on any atom is -0.397 e. The first kappa shape index (κ1) is 18.8. The summed E-state index contributed by atoms with van der Waals surface area (Å²) in [6.07, 6.45) is 7.91. The molecule has 6 rings (SSSR count). The predicted molar refractivity (Wildman–Crippen MR) is 128 cm³/mol. The number of rotatable bonds is 2. The Balaban J connectivity index is 1.39. The number of pyridine rings is 1. The Hall–Kier alpha value is -2.98. The number of nitrogens with zero attached hydrogens (tertiary/aromatic N) is 1. The Labute approximate surface area is 185 Å². The molecule has 0 saturated heterocycles. The number of thiophene rings is 1. The number of aryl methyl sites for hydroxylation is 2. The van der Waals surface area contributed by atoms with Gasteiger partial charge in [0, 0.05) is 16.6 Å². The standard InChI is InChI=1S/C27H24N2OS/c28-24-22-15-17-8-3-1-2-4-10-23(17)29-27(22)31-26(24)25(30)18-11-12-21-19(14-18)13-16-7-5-6-9-20(16)21/h5-7,9,11-12,14-15H,1-4,8,10,13,28H2. The van der Waals surface area contributed by atoms with Gasteiger partial charge in [-0.25, -0.2) is 4.98 Å². The van der Waals surface area contributed by atoms with Crippen molar-refractivity contribution in [3.63, 3.8) is 0 Å². The van der Waals surface area contributed by atoms with Crippen LogP contribution in [0.4, 0.5) is 5.69 Å². The number of anilines is 1. The van der Waals surface area contributed by atoms with E-state index in [0.717, 1.165) is 29.5 Å². The van der Waals surface area contributed by atoms with E-state index in [1.54, 1.807) is 0 Å². The first-order chi connectivity index (χ1) is 15.2. The number of ketones is 1. The van der Waals surface area contributed by atoms with Crippen molar-refractivity contribution in [3.8, 4) is 11.1 Å². The van der Waals surface area contributed by atoms with Crippen LogP contribution in [0.2, 0.25) is 0 Å². The number of hydrogen-bond acceptors (Lipinski definition) is 4. The van der Waals surface area contributed by atoms with E-state index < -0.39 is 0 Å². The van der Waals surface area contributed by atoms with Gasteiger partial charge in [-0.05, 0) is 72.1 Å². The monoisotopic (exact) mass is 424 g/mol. The van der Waals surface area contributed by atoms with Gasteiger partial charge in [-0.15, -0.1) is 11.3 Å². The van der Waals surface area contributed by atoms with Crippen LogP contribution in [0.25, 0.3) is 21.3 Å². The second-order valence-electron chi connectivity index (χ2n) is 8.74. The third-order valence-electron chi connectivity index (χ3n) is 6.76. The van der Waals surface area contributed by atoms with E-state index in [-0.39, 0.29) is 5.78 Å². The molecule has 0 bridgehead atoms. The first-order valence-electron chi connectivity index (χ1n) is 11.2. The lowest BCUT2D eigenvalue weighted by molar-refractivity contribution is 0.104. The minimum absolute atomic E-state index is 0.00618. The molecule has 0 saturated carbocycles. The fourth-order valence-electron chi connectivity index (χ4n) is 5.10. The molecule has 2 aliphatic rings. The summed E-state index contributed by atoms with van der Waals surface area (Å²) in [6.45, 7) is 0. The van der Waals surface area contributed by atoms with Gasteiger partial charge >= 0.3 is 0 Å². The van der Waals surface area contributed by atoms with Gasteiger partial charge < -0.3 is 5.73 Å². The number of carbonyl (C=O) groups is 1. The summed E-state index contributed by atoms with van der Waals surface area (Å²) in [5.74, 6) is 0.00618. The fourth-order valence-corrected chi connectivity index (χ4v) is 6.16. The summed E-state index contributed by atoms with van der Waals surface area (Å²) in [5, 5.41) is 0.946. The van der Waals surface area contributed by atoms with Gasteiger partial charge in [-0.1, -0.05) is 49.2 Å². The van der Waals surface area contributed by atoms with Gasteiger partial charge in [0.2, 0.25) is 5.78 Å². The van der Waals surface area contributed by atoms with Crippen LogP contribution in [0.1, 0.15) is 63.3 Å². The van der Waals surface area contributed by atoms with Crippen LogP contribution >= 0.6 is 11.3 Å². The molecule has 0 unspecified atom stereocenters. The predicted octanol–water partition coefficient (Wildman–Crippen LogP) is 6.34. The average Bonchev–Trinajstić information content (AvgIpc) is 3.30. The highest BCUT2D eigenvalue weighted by Crippen LogP contribution is 2.39. The quantitative estimate of drug-likeness (QED) is 0.336. The molecule has 0 aliphatic heterocycles.